The van der Waals surface area contributed by atoms with E-state index in [1.165, 1.54) is 17.4 Å². The molecule has 1 N–H and O–H groups in total. The highest BCUT2D eigenvalue weighted by atomic mass is 35.5. The Morgan fingerprint density at radius 1 is 1.20 bits per heavy atom. The van der Waals surface area contributed by atoms with Crippen LogP contribution in [-0.4, -0.2) is 10.9 Å². The minimum Gasteiger partial charge on any atom is -0.323 e. The summed E-state index contributed by atoms with van der Waals surface area (Å²) in [4.78, 5) is 16.4. The lowest BCUT2D eigenvalue weighted by Crippen LogP contribution is -2.15. The normalized spacial score (nSPS) is 10.7. The number of thiazole rings is 1. The third-order valence-electron chi connectivity index (χ3n) is 3.39. The van der Waals surface area contributed by atoms with Crippen molar-refractivity contribution < 1.29 is 13.6 Å². The fourth-order valence-electron chi connectivity index (χ4n) is 2.28. The van der Waals surface area contributed by atoms with Gasteiger partial charge in [0.2, 0.25) is 5.91 Å². The minimum atomic E-state index is -0.812. The lowest BCUT2D eigenvalue weighted by atomic mass is 10.2. The van der Waals surface area contributed by atoms with Gasteiger partial charge in [0.25, 0.3) is 0 Å². The Kier molecular flexibility index (Phi) is 5.40. The van der Waals surface area contributed by atoms with Gasteiger partial charge < -0.3 is 5.32 Å². The van der Waals surface area contributed by atoms with Crippen molar-refractivity contribution in [3.05, 3.63) is 80.8 Å². The molecule has 3 aromatic rings. The number of rotatable bonds is 5. The molecule has 0 aliphatic heterocycles. The molecule has 0 saturated heterocycles. The average molecular weight is 379 g/mol. The van der Waals surface area contributed by atoms with E-state index >= 15 is 0 Å². The van der Waals surface area contributed by atoms with E-state index in [2.05, 4.69) is 10.3 Å². The maximum Gasteiger partial charge on any atom is 0.230 e. The van der Waals surface area contributed by atoms with Crippen LogP contribution in [0.1, 0.15) is 16.3 Å². The van der Waals surface area contributed by atoms with Crippen molar-refractivity contribution in [2.24, 2.45) is 0 Å². The molecule has 0 aliphatic carbocycles. The smallest absolute Gasteiger partial charge is 0.230 e. The van der Waals surface area contributed by atoms with E-state index in [-0.39, 0.29) is 12.1 Å². The van der Waals surface area contributed by atoms with Crippen molar-refractivity contribution in [1.82, 2.24) is 4.98 Å². The summed E-state index contributed by atoms with van der Waals surface area (Å²) in [5, 5.41) is 5.73. The van der Waals surface area contributed by atoms with Crippen LogP contribution < -0.4 is 5.32 Å². The number of nitrogens with zero attached hydrogens (tertiary/aromatic N) is 1. The number of hydrogen-bond acceptors (Lipinski definition) is 3. The Bertz CT molecular complexity index is 914. The van der Waals surface area contributed by atoms with Crippen LogP contribution in [0.3, 0.4) is 0 Å². The molecule has 0 bridgehead atoms. The third kappa shape index (κ3) is 4.84. The summed E-state index contributed by atoms with van der Waals surface area (Å²) in [7, 11) is 0. The predicted octanol–water partition coefficient (Wildman–Crippen LogP) is 4.85. The number of carbonyl (C=O) groups excluding carboxylic acids is 1. The Labute approximate surface area is 152 Å². The number of aromatic nitrogens is 1. The fraction of sp³-hybridized carbons (Fsp3) is 0.111. The fourth-order valence-corrected chi connectivity index (χ4v) is 3.32. The number of nitrogens with one attached hydrogen (secondary N) is 1. The molecule has 2 aromatic carbocycles. The molecule has 1 heterocycles. The third-order valence-corrected chi connectivity index (χ3v) is 4.52. The summed E-state index contributed by atoms with van der Waals surface area (Å²) in [6.45, 7) is 0. The summed E-state index contributed by atoms with van der Waals surface area (Å²) in [5.74, 6) is -1.92. The van der Waals surface area contributed by atoms with Gasteiger partial charge in [-0.1, -0.05) is 23.7 Å². The van der Waals surface area contributed by atoms with Gasteiger partial charge in [-0.05, 0) is 29.8 Å². The van der Waals surface area contributed by atoms with Crippen LogP contribution in [0.25, 0.3) is 0 Å². The summed E-state index contributed by atoms with van der Waals surface area (Å²) < 4.78 is 26.4. The molecule has 0 atom stereocenters. The van der Waals surface area contributed by atoms with Gasteiger partial charge in [-0.2, -0.15) is 0 Å². The molecule has 0 unspecified atom stereocenters. The largest absolute Gasteiger partial charge is 0.323 e. The first-order valence-corrected chi connectivity index (χ1v) is 8.68. The van der Waals surface area contributed by atoms with Gasteiger partial charge in [-0.3, -0.25) is 4.79 Å². The van der Waals surface area contributed by atoms with Gasteiger partial charge in [-0.15, -0.1) is 11.3 Å². The van der Waals surface area contributed by atoms with Crippen LogP contribution in [0.15, 0.2) is 47.8 Å². The Hall–Kier alpha value is -2.31. The Balaban J connectivity index is 1.61. The van der Waals surface area contributed by atoms with Crippen LogP contribution >= 0.6 is 22.9 Å². The highest BCUT2D eigenvalue weighted by molar-refractivity contribution is 7.09. The SMILES string of the molecule is O=C(Cc1csc(Cc2cccc(Cl)c2)n1)Nc1ccc(F)cc1F. The number of benzene rings is 2. The molecule has 25 heavy (non-hydrogen) atoms. The van der Waals surface area contributed by atoms with E-state index in [9.17, 15) is 13.6 Å². The van der Waals surface area contributed by atoms with E-state index in [0.29, 0.717) is 17.1 Å². The lowest BCUT2D eigenvalue weighted by molar-refractivity contribution is -0.115. The van der Waals surface area contributed by atoms with Crippen LogP contribution in [0.2, 0.25) is 5.02 Å². The number of amides is 1. The number of carbonyl (C=O) groups is 1. The van der Waals surface area contributed by atoms with Crippen molar-refractivity contribution in [3.63, 3.8) is 0 Å². The van der Waals surface area contributed by atoms with Gasteiger partial charge in [0.15, 0.2) is 0 Å². The maximum absolute atomic E-state index is 13.5. The number of hydrogen-bond donors (Lipinski definition) is 1. The zero-order valence-electron chi connectivity index (χ0n) is 12.9. The van der Waals surface area contributed by atoms with E-state index in [1.807, 2.05) is 18.2 Å². The van der Waals surface area contributed by atoms with E-state index < -0.39 is 17.5 Å². The molecule has 0 fully saturated rings. The molecule has 3 rings (SSSR count). The van der Waals surface area contributed by atoms with E-state index in [0.717, 1.165) is 22.7 Å². The van der Waals surface area contributed by atoms with Crippen LogP contribution in [0.5, 0.6) is 0 Å². The average Bonchev–Trinajstić information content (AvgIpc) is 2.97. The number of halogens is 3. The second-order valence-electron chi connectivity index (χ2n) is 5.39. The summed E-state index contributed by atoms with van der Waals surface area (Å²) in [6, 6.07) is 10.5. The Morgan fingerprint density at radius 3 is 2.80 bits per heavy atom. The van der Waals surface area contributed by atoms with Gasteiger partial charge in [0.1, 0.15) is 11.6 Å². The topological polar surface area (TPSA) is 42.0 Å². The highest BCUT2D eigenvalue weighted by Crippen LogP contribution is 2.19. The molecule has 128 valence electrons. The van der Waals surface area contributed by atoms with Gasteiger partial charge in [0.05, 0.1) is 22.8 Å². The second-order valence-corrected chi connectivity index (χ2v) is 6.77. The van der Waals surface area contributed by atoms with Crippen molar-refractivity contribution in [2.45, 2.75) is 12.8 Å². The quantitative estimate of drug-likeness (QED) is 0.689. The first kappa shape index (κ1) is 17.5. The molecule has 0 radical (unpaired) electrons. The molecule has 1 amide bonds. The van der Waals surface area contributed by atoms with Crippen molar-refractivity contribution in [1.29, 1.82) is 0 Å². The Morgan fingerprint density at radius 2 is 2.04 bits per heavy atom. The molecule has 7 heteroatoms. The van der Waals surface area contributed by atoms with Crippen molar-refractivity contribution >= 4 is 34.5 Å². The van der Waals surface area contributed by atoms with Gasteiger partial charge in [-0.25, -0.2) is 13.8 Å². The monoisotopic (exact) mass is 378 g/mol. The maximum atomic E-state index is 13.5. The molecule has 1 aromatic heterocycles. The summed E-state index contributed by atoms with van der Waals surface area (Å²) >= 11 is 7.41. The lowest BCUT2D eigenvalue weighted by Gasteiger charge is -2.05. The summed E-state index contributed by atoms with van der Waals surface area (Å²) in [6.07, 6.45) is 0.641. The molecular formula is C18H13ClF2N2OS. The highest BCUT2D eigenvalue weighted by Gasteiger charge is 2.11. The molecule has 0 aliphatic rings. The minimum absolute atomic E-state index is 0.0167. The van der Waals surface area contributed by atoms with E-state index in [1.54, 1.807) is 11.4 Å². The van der Waals surface area contributed by atoms with Gasteiger partial charge in [0, 0.05) is 22.9 Å². The van der Waals surface area contributed by atoms with Crippen molar-refractivity contribution in [2.75, 3.05) is 5.32 Å². The zero-order valence-corrected chi connectivity index (χ0v) is 14.5. The molecule has 3 nitrogen and oxygen atoms in total. The van der Waals surface area contributed by atoms with Crippen molar-refractivity contribution in [3.8, 4) is 0 Å². The molecule has 0 saturated carbocycles. The first-order chi connectivity index (χ1) is 12.0. The number of anilines is 1. The van der Waals surface area contributed by atoms with Gasteiger partial charge >= 0.3 is 0 Å². The van der Waals surface area contributed by atoms with Crippen LogP contribution in [-0.2, 0) is 17.6 Å². The van der Waals surface area contributed by atoms with E-state index in [4.69, 9.17) is 11.6 Å². The standard InChI is InChI=1S/C18H13ClF2N2OS/c19-12-3-1-2-11(6-12)7-18-22-14(10-25-18)9-17(24)23-16-5-4-13(20)8-15(16)21/h1-6,8,10H,7,9H2,(H,23,24). The summed E-state index contributed by atoms with van der Waals surface area (Å²) in [5.41, 5.74) is 1.58. The van der Waals surface area contributed by atoms with Crippen LogP contribution in [0.4, 0.5) is 14.5 Å². The molecule has 0 spiro atoms. The first-order valence-electron chi connectivity index (χ1n) is 7.42. The predicted molar refractivity (Wildman–Crippen MR) is 95.1 cm³/mol. The van der Waals surface area contributed by atoms with Crippen LogP contribution in [0, 0.1) is 11.6 Å². The molecular weight excluding hydrogens is 366 g/mol. The second kappa shape index (κ2) is 7.72. The zero-order chi connectivity index (χ0) is 17.8.